The zero-order valence-electron chi connectivity index (χ0n) is 16.5. The van der Waals surface area contributed by atoms with Crippen molar-refractivity contribution in [3.63, 3.8) is 0 Å². The maximum atomic E-state index is 12.7. The molecule has 7 nitrogen and oxygen atoms in total. The van der Waals surface area contributed by atoms with Crippen LogP contribution in [0.2, 0.25) is 10.0 Å². The van der Waals surface area contributed by atoms with E-state index in [4.69, 9.17) is 23.2 Å². The second-order valence-corrected chi connectivity index (χ2v) is 11.7. The van der Waals surface area contributed by atoms with E-state index in [9.17, 15) is 8.42 Å². The largest absolute Gasteiger partial charge is 0.305 e. The monoisotopic (exact) mass is 469 g/mol. The van der Waals surface area contributed by atoms with E-state index < -0.39 is 10.0 Å². The Balaban J connectivity index is 1.25. The molecule has 10 heteroatoms. The number of hydrogen-bond acceptors (Lipinski definition) is 5. The first kappa shape index (κ1) is 20.7. The summed E-state index contributed by atoms with van der Waals surface area (Å²) in [6, 6.07) is 4.36. The van der Waals surface area contributed by atoms with Gasteiger partial charge in [0.2, 0.25) is 10.0 Å². The first-order valence-electron chi connectivity index (χ1n) is 10.4. The molecule has 0 atom stereocenters. The van der Waals surface area contributed by atoms with Gasteiger partial charge in [-0.2, -0.15) is 15.4 Å². The van der Waals surface area contributed by atoms with Crippen molar-refractivity contribution >= 4 is 33.2 Å². The summed E-state index contributed by atoms with van der Waals surface area (Å²) in [5.41, 5.74) is 1.53. The summed E-state index contributed by atoms with van der Waals surface area (Å²) in [4.78, 5) is -0.0478. The smallest absolute Gasteiger partial charge is 0.242 e. The Kier molecular flexibility index (Phi) is 5.34. The van der Waals surface area contributed by atoms with Gasteiger partial charge in [0.1, 0.15) is 16.3 Å². The fourth-order valence-corrected chi connectivity index (χ4v) is 7.83. The minimum absolute atomic E-state index is 0.0273. The highest BCUT2D eigenvalue weighted by atomic mass is 35.5. The fraction of sp³-hybridized carbons (Fsp3) is 0.600. The van der Waals surface area contributed by atoms with Crippen LogP contribution in [-0.4, -0.2) is 29.4 Å². The van der Waals surface area contributed by atoms with Crippen molar-refractivity contribution in [1.29, 1.82) is 0 Å². The number of nitrogens with one attached hydrogen (secondary N) is 3. The van der Waals surface area contributed by atoms with Crippen LogP contribution >= 0.6 is 23.2 Å². The molecule has 30 heavy (non-hydrogen) atoms. The molecule has 4 fully saturated rings. The lowest BCUT2D eigenvalue weighted by Gasteiger charge is -2.57. The Morgan fingerprint density at radius 1 is 1.00 bits per heavy atom. The minimum atomic E-state index is -3.83. The Bertz CT molecular complexity index is 1020. The van der Waals surface area contributed by atoms with E-state index in [0.717, 1.165) is 23.4 Å². The van der Waals surface area contributed by atoms with Gasteiger partial charge in [0, 0.05) is 17.1 Å². The lowest BCUT2D eigenvalue weighted by atomic mass is 9.53. The first-order chi connectivity index (χ1) is 14.3. The highest BCUT2D eigenvalue weighted by Crippen LogP contribution is 2.55. The summed E-state index contributed by atoms with van der Waals surface area (Å²) in [5.74, 6) is 2.57. The van der Waals surface area contributed by atoms with Gasteiger partial charge in [-0.05, 0) is 74.5 Å². The number of sulfonamides is 1. The van der Waals surface area contributed by atoms with Gasteiger partial charge < -0.3 is 5.32 Å². The van der Waals surface area contributed by atoms with Crippen molar-refractivity contribution in [3.05, 3.63) is 39.6 Å². The predicted molar refractivity (Wildman–Crippen MR) is 115 cm³/mol. The number of aromatic nitrogens is 3. The zero-order chi connectivity index (χ0) is 20.9. The van der Waals surface area contributed by atoms with Crippen molar-refractivity contribution in [3.8, 4) is 0 Å². The van der Waals surface area contributed by atoms with Crippen molar-refractivity contribution in [2.75, 3.05) is 0 Å². The maximum absolute atomic E-state index is 12.7. The van der Waals surface area contributed by atoms with E-state index in [1.807, 2.05) is 0 Å². The zero-order valence-corrected chi connectivity index (χ0v) is 18.8. The molecule has 1 aromatic heterocycles. The summed E-state index contributed by atoms with van der Waals surface area (Å²) in [5, 5.41) is 15.3. The van der Waals surface area contributed by atoms with Crippen LogP contribution in [0.4, 0.5) is 0 Å². The topological polar surface area (TPSA) is 99.8 Å². The van der Waals surface area contributed by atoms with Gasteiger partial charge in [-0.3, -0.25) is 0 Å². The summed E-state index contributed by atoms with van der Waals surface area (Å²) >= 11 is 12.0. The van der Waals surface area contributed by atoms with E-state index in [0.29, 0.717) is 17.3 Å². The van der Waals surface area contributed by atoms with E-state index in [1.54, 1.807) is 6.07 Å². The van der Waals surface area contributed by atoms with E-state index in [-0.39, 0.29) is 22.0 Å². The third kappa shape index (κ3) is 4.00. The summed E-state index contributed by atoms with van der Waals surface area (Å²) in [6.45, 7) is 0.608. The molecule has 0 spiro atoms. The molecule has 4 bridgehead atoms. The molecule has 4 aliphatic carbocycles. The number of rotatable bonds is 7. The molecule has 0 radical (unpaired) electrons. The van der Waals surface area contributed by atoms with Crippen LogP contribution in [0.1, 0.15) is 49.9 Å². The Labute approximate surface area is 186 Å². The number of halogens is 2. The molecule has 1 aromatic carbocycles. The summed E-state index contributed by atoms with van der Waals surface area (Å²) in [6.07, 6.45) is 7.90. The molecule has 1 heterocycles. The average molecular weight is 470 g/mol. The van der Waals surface area contributed by atoms with Gasteiger partial charge in [0.25, 0.3) is 0 Å². The van der Waals surface area contributed by atoms with Crippen LogP contribution < -0.4 is 10.0 Å². The second kappa shape index (κ2) is 7.74. The Morgan fingerprint density at radius 3 is 2.23 bits per heavy atom. The Hall–Kier alpha value is -1.19. The highest BCUT2D eigenvalue weighted by Gasteiger charge is 2.50. The summed E-state index contributed by atoms with van der Waals surface area (Å²) in [7, 11) is -3.83. The second-order valence-electron chi connectivity index (χ2n) is 9.17. The SMILES string of the molecule is O=S(=O)(NCc1n[nH]nc1CNC12CC3CC(CC(C3)C1)C2)c1cc(Cl)ccc1Cl. The van der Waals surface area contributed by atoms with Crippen LogP contribution in [0.3, 0.4) is 0 Å². The lowest BCUT2D eigenvalue weighted by Crippen LogP contribution is -2.58. The summed E-state index contributed by atoms with van der Waals surface area (Å²) < 4.78 is 27.9. The minimum Gasteiger partial charge on any atom is -0.305 e. The van der Waals surface area contributed by atoms with E-state index in [1.165, 1.54) is 50.7 Å². The normalized spacial score (nSPS) is 30.1. The number of H-pyrrole nitrogens is 1. The van der Waals surface area contributed by atoms with Gasteiger partial charge >= 0.3 is 0 Å². The fourth-order valence-electron chi connectivity index (χ4n) is 6.08. The molecule has 6 rings (SSSR count). The van der Waals surface area contributed by atoms with Gasteiger partial charge in [0.05, 0.1) is 11.6 Å². The van der Waals surface area contributed by atoms with Crippen LogP contribution in [0.25, 0.3) is 0 Å². The third-order valence-corrected chi connectivity index (χ3v) is 9.10. The van der Waals surface area contributed by atoms with Crippen molar-refractivity contribution < 1.29 is 8.42 Å². The van der Waals surface area contributed by atoms with Crippen LogP contribution in [0.15, 0.2) is 23.1 Å². The standard InChI is InChI=1S/C20H25Cl2N5O2S/c21-15-1-2-16(22)19(6-15)30(28,29)24-11-18-17(25-27-26-18)10-23-20-7-12-3-13(8-20)5-14(4-12)9-20/h1-2,6,12-14,23-24H,3-5,7-11H2,(H,25,26,27). The lowest BCUT2D eigenvalue weighted by molar-refractivity contribution is -0.0207. The van der Waals surface area contributed by atoms with Crippen molar-refractivity contribution in [1.82, 2.24) is 25.4 Å². The first-order valence-corrected chi connectivity index (χ1v) is 12.6. The van der Waals surface area contributed by atoms with Gasteiger partial charge in [-0.25, -0.2) is 13.1 Å². The molecule has 4 aliphatic rings. The molecule has 3 N–H and O–H groups in total. The van der Waals surface area contributed by atoms with E-state index in [2.05, 4.69) is 25.4 Å². The molecule has 2 aromatic rings. The molecule has 0 amide bonds. The molecular weight excluding hydrogens is 445 g/mol. The molecule has 0 unspecified atom stereocenters. The molecule has 0 saturated heterocycles. The number of hydrogen-bond donors (Lipinski definition) is 3. The van der Waals surface area contributed by atoms with Gasteiger partial charge in [-0.1, -0.05) is 23.2 Å². The number of aromatic amines is 1. The average Bonchev–Trinajstić information content (AvgIpc) is 3.13. The van der Waals surface area contributed by atoms with Crippen LogP contribution in [0.5, 0.6) is 0 Å². The van der Waals surface area contributed by atoms with Gasteiger partial charge in [0.15, 0.2) is 0 Å². The maximum Gasteiger partial charge on any atom is 0.242 e. The quantitative estimate of drug-likeness (QED) is 0.574. The molecule has 0 aliphatic heterocycles. The van der Waals surface area contributed by atoms with E-state index >= 15 is 0 Å². The highest BCUT2D eigenvalue weighted by molar-refractivity contribution is 7.89. The molecular formula is C20H25Cl2N5O2S. The number of nitrogens with zero attached hydrogens (tertiary/aromatic N) is 2. The molecule has 4 saturated carbocycles. The predicted octanol–water partition coefficient (Wildman–Crippen LogP) is 3.65. The third-order valence-electron chi connectivity index (χ3n) is 6.98. The molecule has 162 valence electrons. The number of benzene rings is 1. The van der Waals surface area contributed by atoms with Crippen LogP contribution in [-0.2, 0) is 23.1 Å². The van der Waals surface area contributed by atoms with Gasteiger partial charge in [-0.15, -0.1) is 0 Å². The van der Waals surface area contributed by atoms with Crippen molar-refractivity contribution in [2.45, 2.75) is 62.0 Å². The van der Waals surface area contributed by atoms with Crippen molar-refractivity contribution in [2.24, 2.45) is 17.8 Å². The van der Waals surface area contributed by atoms with Crippen LogP contribution in [0, 0.1) is 17.8 Å². The Morgan fingerprint density at radius 2 is 1.60 bits per heavy atom.